The first-order valence-electron chi connectivity index (χ1n) is 5.18. The zero-order valence-corrected chi connectivity index (χ0v) is 8.11. The third-order valence-electron chi connectivity index (χ3n) is 3.06. The Morgan fingerprint density at radius 3 is 2.93 bits per heavy atom. The molecule has 1 aromatic rings. The highest BCUT2D eigenvalue weighted by Crippen LogP contribution is 2.29. The van der Waals surface area contributed by atoms with Crippen LogP contribution in [-0.2, 0) is 12.8 Å². The van der Waals surface area contributed by atoms with Crippen molar-refractivity contribution in [2.45, 2.75) is 25.3 Å². The van der Waals surface area contributed by atoms with Gasteiger partial charge >= 0.3 is 0 Å². The van der Waals surface area contributed by atoms with Gasteiger partial charge in [0.15, 0.2) is 0 Å². The molecule has 0 saturated carbocycles. The largest absolute Gasteiger partial charge is 0.353 e. The van der Waals surface area contributed by atoms with Crippen LogP contribution in [0.3, 0.4) is 0 Å². The van der Waals surface area contributed by atoms with Crippen molar-refractivity contribution < 1.29 is 0 Å². The average Bonchev–Trinajstić information content (AvgIpc) is 2.60. The van der Waals surface area contributed by atoms with Gasteiger partial charge in [-0.15, -0.1) is 0 Å². The van der Waals surface area contributed by atoms with Gasteiger partial charge < -0.3 is 10.6 Å². The number of hydrogen-bond donors (Lipinski definition) is 1. The smallest absolute Gasteiger partial charge is 0.135 e. The number of aromatic nitrogens is 2. The van der Waals surface area contributed by atoms with Gasteiger partial charge in [0.1, 0.15) is 12.1 Å². The summed E-state index contributed by atoms with van der Waals surface area (Å²) >= 11 is 0. The summed E-state index contributed by atoms with van der Waals surface area (Å²) in [5, 5.41) is 0. The maximum Gasteiger partial charge on any atom is 0.135 e. The Balaban J connectivity index is 1.94. The van der Waals surface area contributed by atoms with Crippen LogP contribution in [0.25, 0.3) is 0 Å². The summed E-state index contributed by atoms with van der Waals surface area (Å²) in [6, 6.07) is 0.335. The molecule has 0 radical (unpaired) electrons. The quantitative estimate of drug-likeness (QED) is 0.683. The first kappa shape index (κ1) is 8.17. The van der Waals surface area contributed by atoms with Gasteiger partial charge in [0, 0.05) is 30.4 Å². The van der Waals surface area contributed by atoms with E-state index >= 15 is 0 Å². The van der Waals surface area contributed by atoms with Crippen molar-refractivity contribution in [3.05, 3.63) is 17.6 Å². The number of rotatable bonds is 1. The molecule has 4 heteroatoms. The second-order valence-corrected chi connectivity index (χ2v) is 4.14. The second-order valence-electron chi connectivity index (χ2n) is 4.14. The zero-order chi connectivity index (χ0) is 9.54. The highest BCUT2D eigenvalue weighted by Gasteiger charge is 2.28. The molecule has 0 atom stereocenters. The Morgan fingerprint density at radius 2 is 2.14 bits per heavy atom. The van der Waals surface area contributed by atoms with Crippen LogP contribution in [-0.4, -0.2) is 29.1 Å². The van der Waals surface area contributed by atoms with E-state index < -0.39 is 0 Å². The van der Waals surface area contributed by atoms with Gasteiger partial charge in [-0.2, -0.15) is 0 Å². The monoisotopic (exact) mass is 190 g/mol. The van der Waals surface area contributed by atoms with Gasteiger partial charge in [0.05, 0.1) is 0 Å². The highest BCUT2D eigenvalue weighted by molar-refractivity contribution is 5.52. The van der Waals surface area contributed by atoms with E-state index in [0.717, 1.165) is 31.7 Å². The molecule has 14 heavy (non-hydrogen) atoms. The maximum absolute atomic E-state index is 5.77. The molecule has 1 aromatic heterocycles. The lowest BCUT2D eigenvalue weighted by Gasteiger charge is -2.38. The van der Waals surface area contributed by atoms with Crippen molar-refractivity contribution in [2.75, 3.05) is 18.0 Å². The maximum atomic E-state index is 5.77. The predicted octanol–water partition coefficient (Wildman–Crippen LogP) is 0.113. The SMILES string of the molecule is NC1CN(c2ncnc3c2CCC3)C1. The Hall–Kier alpha value is -1.16. The summed E-state index contributed by atoms with van der Waals surface area (Å²) < 4.78 is 0. The minimum absolute atomic E-state index is 0.335. The standard InChI is InChI=1S/C10H14N4/c11-7-4-14(5-7)10-8-2-1-3-9(8)12-6-13-10/h6-7H,1-5,11H2. The molecule has 0 unspecified atom stereocenters. The fraction of sp³-hybridized carbons (Fsp3) is 0.600. The molecule has 2 aliphatic rings. The molecular formula is C10H14N4. The summed E-state index contributed by atoms with van der Waals surface area (Å²) in [4.78, 5) is 10.9. The molecule has 3 rings (SSSR count). The second kappa shape index (κ2) is 2.92. The van der Waals surface area contributed by atoms with Crippen LogP contribution in [0.1, 0.15) is 17.7 Å². The third-order valence-corrected chi connectivity index (χ3v) is 3.06. The van der Waals surface area contributed by atoms with Crippen molar-refractivity contribution in [2.24, 2.45) is 5.73 Å². The number of aryl methyl sites for hydroxylation is 1. The van der Waals surface area contributed by atoms with E-state index in [9.17, 15) is 0 Å². The Kier molecular flexibility index (Phi) is 1.70. The molecule has 2 heterocycles. The molecule has 0 bridgehead atoms. The van der Waals surface area contributed by atoms with E-state index in [0.29, 0.717) is 6.04 Å². The van der Waals surface area contributed by atoms with Gasteiger partial charge in [-0.3, -0.25) is 0 Å². The topological polar surface area (TPSA) is 55.0 Å². The van der Waals surface area contributed by atoms with E-state index in [1.807, 2.05) is 0 Å². The Morgan fingerprint density at radius 1 is 1.29 bits per heavy atom. The molecule has 74 valence electrons. The molecule has 0 aromatic carbocycles. The van der Waals surface area contributed by atoms with Gasteiger partial charge in [0.25, 0.3) is 0 Å². The predicted molar refractivity (Wildman–Crippen MR) is 54.2 cm³/mol. The van der Waals surface area contributed by atoms with Crippen molar-refractivity contribution in [3.63, 3.8) is 0 Å². The molecule has 0 spiro atoms. The summed E-state index contributed by atoms with van der Waals surface area (Å²) in [5.41, 5.74) is 8.37. The van der Waals surface area contributed by atoms with Crippen molar-refractivity contribution in [1.29, 1.82) is 0 Å². The molecule has 1 fully saturated rings. The number of nitrogens with zero attached hydrogens (tertiary/aromatic N) is 3. The van der Waals surface area contributed by atoms with E-state index in [4.69, 9.17) is 5.73 Å². The number of nitrogens with two attached hydrogens (primary N) is 1. The van der Waals surface area contributed by atoms with Gasteiger partial charge in [-0.25, -0.2) is 9.97 Å². The van der Waals surface area contributed by atoms with Crippen molar-refractivity contribution in [3.8, 4) is 0 Å². The van der Waals surface area contributed by atoms with Crippen LogP contribution in [0.2, 0.25) is 0 Å². The fourth-order valence-electron chi connectivity index (χ4n) is 2.30. The number of hydrogen-bond acceptors (Lipinski definition) is 4. The molecule has 2 N–H and O–H groups in total. The molecule has 1 aliphatic heterocycles. The van der Waals surface area contributed by atoms with Crippen LogP contribution in [0.5, 0.6) is 0 Å². The van der Waals surface area contributed by atoms with Crippen molar-refractivity contribution in [1.82, 2.24) is 9.97 Å². The van der Waals surface area contributed by atoms with Crippen LogP contribution >= 0.6 is 0 Å². The number of anilines is 1. The normalized spacial score (nSPS) is 20.8. The van der Waals surface area contributed by atoms with E-state index in [2.05, 4.69) is 14.9 Å². The van der Waals surface area contributed by atoms with Crippen molar-refractivity contribution >= 4 is 5.82 Å². The Labute approximate surface area is 83.1 Å². The summed E-state index contributed by atoms with van der Waals surface area (Å²) in [5.74, 6) is 1.13. The lowest BCUT2D eigenvalue weighted by molar-refractivity contribution is 0.512. The lowest BCUT2D eigenvalue weighted by Crippen LogP contribution is -2.56. The minimum atomic E-state index is 0.335. The third kappa shape index (κ3) is 1.10. The average molecular weight is 190 g/mol. The van der Waals surface area contributed by atoms with E-state index in [1.54, 1.807) is 6.33 Å². The molecule has 4 nitrogen and oxygen atoms in total. The fourth-order valence-corrected chi connectivity index (χ4v) is 2.30. The summed E-state index contributed by atoms with van der Waals surface area (Å²) in [6.45, 7) is 1.90. The Bertz CT molecular complexity index is 357. The highest BCUT2D eigenvalue weighted by atomic mass is 15.3. The van der Waals surface area contributed by atoms with Crippen LogP contribution in [0, 0.1) is 0 Å². The molecule has 1 saturated heterocycles. The lowest BCUT2D eigenvalue weighted by atomic mass is 10.1. The summed E-state index contributed by atoms with van der Waals surface area (Å²) in [6.07, 6.45) is 5.16. The van der Waals surface area contributed by atoms with E-state index in [-0.39, 0.29) is 0 Å². The molecular weight excluding hydrogens is 176 g/mol. The van der Waals surface area contributed by atoms with Gasteiger partial charge in [-0.1, -0.05) is 0 Å². The number of fused-ring (bicyclic) bond motifs is 1. The van der Waals surface area contributed by atoms with Crippen LogP contribution in [0.15, 0.2) is 6.33 Å². The van der Waals surface area contributed by atoms with Crippen LogP contribution in [0.4, 0.5) is 5.82 Å². The minimum Gasteiger partial charge on any atom is -0.353 e. The molecule has 0 amide bonds. The van der Waals surface area contributed by atoms with Gasteiger partial charge in [-0.05, 0) is 19.3 Å². The van der Waals surface area contributed by atoms with Crippen LogP contribution < -0.4 is 10.6 Å². The first-order chi connectivity index (χ1) is 6.84. The van der Waals surface area contributed by atoms with E-state index in [1.165, 1.54) is 17.7 Å². The summed E-state index contributed by atoms with van der Waals surface area (Å²) in [7, 11) is 0. The first-order valence-corrected chi connectivity index (χ1v) is 5.18. The van der Waals surface area contributed by atoms with Gasteiger partial charge in [0.2, 0.25) is 0 Å². The zero-order valence-electron chi connectivity index (χ0n) is 8.11. The molecule has 1 aliphatic carbocycles.